The highest BCUT2D eigenvalue weighted by Gasteiger charge is 2.17. The van der Waals surface area contributed by atoms with E-state index in [1.54, 1.807) is 13.3 Å². The summed E-state index contributed by atoms with van der Waals surface area (Å²) < 4.78 is 11.1. The predicted molar refractivity (Wildman–Crippen MR) is 113 cm³/mol. The Hall–Kier alpha value is -2.70. The summed E-state index contributed by atoms with van der Waals surface area (Å²) in [5.74, 6) is 1.44. The molecule has 7 heteroatoms. The third-order valence-electron chi connectivity index (χ3n) is 4.90. The molecular weight excluding hydrogens is 376 g/mol. The molecule has 28 heavy (non-hydrogen) atoms. The smallest absolute Gasteiger partial charge is 0.299 e. The number of oxazole rings is 1. The molecule has 0 atom stereocenters. The molecule has 4 rings (SSSR count). The summed E-state index contributed by atoms with van der Waals surface area (Å²) in [4.78, 5) is 8.96. The van der Waals surface area contributed by atoms with E-state index >= 15 is 0 Å². The summed E-state index contributed by atoms with van der Waals surface area (Å²) in [5, 5.41) is 3.90. The number of rotatable bonds is 5. The van der Waals surface area contributed by atoms with Crippen molar-refractivity contribution in [2.45, 2.75) is 0 Å². The molecule has 0 saturated carbocycles. The van der Waals surface area contributed by atoms with E-state index in [2.05, 4.69) is 27.1 Å². The van der Waals surface area contributed by atoms with Crippen molar-refractivity contribution in [2.24, 2.45) is 0 Å². The van der Waals surface area contributed by atoms with E-state index in [1.807, 2.05) is 42.5 Å². The molecule has 3 aromatic rings. The number of aromatic nitrogens is 1. The highest BCUT2D eigenvalue weighted by molar-refractivity contribution is 6.33. The van der Waals surface area contributed by atoms with Crippen LogP contribution in [0.5, 0.6) is 5.75 Å². The Morgan fingerprint density at radius 3 is 2.68 bits per heavy atom. The average Bonchev–Trinajstić information content (AvgIpc) is 3.18. The van der Waals surface area contributed by atoms with Gasteiger partial charge in [-0.15, -0.1) is 0 Å². The molecule has 2 aromatic carbocycles. The molecule has 2 heterocycles. The van der Waals surface area contributed by atoms with Crippen molar-refractivity contribution in [3.63, 3.8) is 0 Å². The summed E-state index contributed by atoms with van der Waals surface area (Å²) in [6.07, 6.45) is 1.69. The van der Waals surface area contributed by atoms with E-state index in [0.717, 1.165) is 48.9 Å². The number of nitrogens with one attached hydrogen (secondary N) is 1. The van der Waals surface area contributed by atoms with E-state index in [9.17, 15) is 0 Å². The van der Waals surface area contributed by atoms with Gasteiger partial charge in [0, 0.05) is 37.4 Å². The van der Waals surface area contributed by atoms with Crippen molar-refractivity contribution in [3.05, 3.63) is 53.7 Å². The fourth-order valence-corrected chi connectivity index (χ4v) is 3.55. The second-order valence-corrected chi connectivity index (χ2v) is 7.25. The maximum atomic E-state index is 6.54. The molecule has 0 amide bonds. The monoisotopic (exact) mass is 398 g/mol. The lowest BCUT2D eigenvalue weighted by molar-refractivity contribution is 0.313. The van der Waals surface area contributed by atoms with Crippen LogP contribution in [-0.2, 0) is 0 Å². The zero-order valence-electron chi connectivity index (χ0n) is 16.0. The first-order chi connectivity index (χ1) is 13.6. The molecule has 1 N–H and O–H groups in total. The van der Waals surface area contributed by atoms with Gasteiger partial charge in [0.1, 0.15) is 5.75 Å². The van der Waals surface area contributed by atoms with Gasteiger partial charge in [-0.1, -0.05) is 23.7 Å². The number of likely N-dealkylation sites (N-methyl/N-ethyl adjacent to an activating group) is 1. The Morgan fingerprint density at radius 1 is 1.11 bits per heavy atom. The molecular formula is C21H23ClN4O2. The molecule has 1 aliphatic rings. The minimum absolute atomic E-state index is 0.418. The molecule has 1 aliphatic heterocycles. The molecule has 0 spiro atoms. The minimum atomic E-state index is 0.418. The number of anilines is 3. The lowest BCUT2D eigenvalue weighted by Crippen LogP contribution is -2.44. The van der Waals surface area contributed by atoms with Gasteiger partial charge < -0.3 is 24.3 Å². The van der Waals surface area contributed by atoms with Crippen LogP contribution in [0.1, 0.15) is 0 Å². The fraction of sp³-hybridized carbons (Fsp3) is 0.286. The number of ether oxygens (including phenoxy) is 1. The number of benzene rings is 2. The standard InChI is InChI=1S/C21H23ClN4O2/c1-25-8-10-26(11-9-25)19-7-6-16(13-18(19)22)24-21-23-14-20(28-21)15-4-3-5-17(12-15)27-2/h3-7,12-14H,8-11H2,1-2H3,(H,23,24). The fourth-order valence-electron chi connectivity index (χ4n) is 3.25. The van der Waals surface area contributed by atoms with E-state index in [0.29, 0.717) is 16.8 Å². The number of hydrogen-bond acceptors (Lipinski definition) is 6. The molecule has 6 nitrogen and oxygen atoms in total. The van der Waals surface area contributed by atoms with Crippen molar-refractivity contribution < 1.29 is 9.15 Å². The lowest BCUT2D eigenvalue weighted by Gasteiger charge is -2.34. The SMILES string of the molecule is COc1cccc(-c2cnc(Nc3ccc(N4CCN(C)CC4)c(Cl)c3)o2)c1. The third kappa shape index (κ3) is 4.08. The second kappa shape index (κ2) is 8.12. The molecule has 1 aromatic heterocycles. The minimum Gasteiger partial charge on any atom is -0.497 e. The van der Waals surface area contributed by atoms with Gasteiger partial charge in [0.15, 0.2) is 5.76 Å². The Balaban J connectivity index is 1.47. The van der Waals surface area contributed by atoms with Crippen LogP contribution < -0.4 is 15.0 Å². The van der Waals surface area contributed by atoms with Gasteiger partial charge in [0.25, 0.3) is 6.01 Å². The Bertz CT molecular complexity index is 951. The molecule has 0 unspecified atom stereocenters. The topological polar surface area (TPSA) is 53.8 Å². The van der Waals surface area contributed by atoms with Gasteiger partial charge in [0.05, 0.1) is 24.0 Å². The molecule has 1 fully saturated rings. The van der Waals surface area contributed by atoms with Crippen LogP contribution in [0, 0.1) is 0 Å². The van der Waals surface area contributed by atoms with Crippen molar-refractivity contribution >= 4 is 29.0 Å². The van der Waals surface area contributed by atoms with Gasteiger partial charge in [-0.3, -0.25) is 0 Å². The molecule has 146 valence electrons. The van der Waals surface area contributed by atoms with E-state index < -0.39 is 0 Å². The Kier molecular flexibility index (Phi) is 5.41. The van der Waals surface area contributed by atoms with Crippen LogP contribution in [0.15, 0.2) is 53.1 Å². The Morgan fingerprint density at radius 2 is 1.93 bits per heavy atom. The number of nitrogens with zero attached hydrogens (tertiary/aromatic N) is 3. The van der Waals surface area contributed by atoms with Gasteiger partial charge >= 0.3 is 0 Å². The molecule has 0 radical (unpaired) electrons. The summed E-state index contributed by atoms with van der Waals surface area (Å²) in [7, 11) is 3.78. The van der Waals surface area contributed by atoms with Crippen molar-refractivity contribution in [1.29, 1.82) is 0 Å². The van der Waals surface area contributed by atoms with E-state index in [-0.39, 0.29) is 0 Å². The molecule has 0 bridgehead atoms. The summed E-state index contributed by atoms with van der Waals surface area (Å²) >= 11 is 6.54. The van der Waals surface area contributed by atoms with Gasteiger partial charge in [-0.25, -0.2) is 4.98 Å². The molecule has 1 saturated heterocycles. The quantitative estimate of drug-likeness (QED) is 0.683. The van der Waals surface area contributed by atoms with Gasteiger partial charge in [0.2, 0.25) is 0 Å². The number of hydrogen-bond donors (Lipinski definition) is 1. The molecule has 0 aliphatic carbocycles. The van der Waals surface area contributed by atoms with Crippen LogP contribution in [0.4, 0.5) is 17.4 Å². The first kappa shape index (κ1) is 18.7. The van der Waals surface area contributed by atoms with Crippen LogP contribution in [0.25, 0.3) is 11.3 Å². The third-order valence-corrected chi connectivity index (χ3v) is 5.21. The van der Waals surface area contributed by atoms with Gasteiger partial charge in [-0.2, -0.15) is 0 Å². The summed E-state index contributed by atoms with van der Waals surface area (Å²) in [6.45, 7) is 4.04. The second-order valence-electron chi connectivity index (χ2n) is 6.84. The van der Waals surface area contributed by atoms with E-state index in [4.69, 9.17) is 20.8 Å². The zero-order chi connectivity index (χ0) is 19.5. The largest absolute Gasteiger partial charge is 0.497 e. The maximum absolute atomic E-state index is 6.54. The zero-order valence-corrected chi connectivity index (χ0v) is 16.7. The number of methoxy groups -OCH3 is 1. The first-order valence-corrected chi connectivity index (χ1v) is 9.60. The van der Waals surface area contributed by atoms with Crippen LogP contribution >= 0.6 is 11.6 Å². The normalized spacial score (nSPS) is 14.9. The van der Waals surface area contributed by atoms with E-state index in [1.165, 1.54) is 0 Å². The van der Waals surface area contributed by atoms with Crippen LogP contribution in [-0.4, -0.2) is 50.2 Å². The Labute approximate surface area is 169 Å². The first-order valence-electron chi connectivity index (χ1n) is 9.23. The highest BCUT2D eigenvalue weighted by Crippen LogP contribution is 2.32. The van der Waals surface area contributed by atoms with Crippen LogP contribution in [0.2, 0.25) is 5.02 Å². The van der Waals surface area contributed by atoms with Crippen molar-refractivity contribution in [3.8, 4) is 17.1 Å². The maximum Gasteiger partial charge on any atom is 0.299 e. The summed E-state index contributed by atoms with van der Waals surface area (Å²) in [6, 6.07) is 14.0. The van der Waals surface area contributed by atoms with Crippen molar-refractivity contribution in [1.82, 2.24) is 9.88 Å². The van der Waals surface area contributed by atoms with Crippen LogP contribution in [0.3, 0.4) is 0 Å². The highest BCUT2D eigenvalue weighted by atomic mass is 35.5. The number of halogens is 1. The van der Waals surface area contributed by atoms with Crippen molar-refractivity contribution in [2.75, 3.05) is 50.6 Å². The lowest BCUT2D eigenvalue weighted by atomic mass is 10.2. The summed E-state index contributed by atoms with van der Waals surface area (Å²) in [5.41, 5.74) is 2.80. The average molecular weight is 399 g/mol. The number of piperazine rings is 1. The predicted octanol–water partition coefficient (Wildman–Crippen LogP) is 4.50. The van der Waals surface area contributed by atoms with Gasteiger partial charge in [-0.05, 0) is 37.4 Å².